The summed E-state index contributed by atoms with van der Waals surface area (Å²) in [5.74, 6) is 0.978. The Morgan fingerprint density at radius 2 is 1.42 bits per heavy atom. The molecule has 3 aromatic carbocycles. The maximum Gasteiger partial charge on any atom is 0.261 e. The maximum absolute atomic E-state index is 12.7. The zero-order chi connectivity index (χ0) is 27.4. The van der Waals surface area contributed by atoms with E-state index in [2.05, 4.69) is 22.3 Å². The van der Waals surface area contributed by atoms with E-state index in [1.54, 1.807) is 60.7 Å². The second-order valence-corrected chi connectivity index (χ2v) is 10.6. The van der Waals surface area contributed by atoms with Crippen molar-refractivity contribution in [2.24, 2.45) is 0 Å². The number of unbranched alkanes of at least 4 members (excludes halogenated alkanes) is 4. The number of carbonyl (C=O) groups is 1. The monoisotopic (exact) mass is 555 g/mol. The van der Waals surface area contributed by atoms with Crippen LogP contribution in [0.3, 0.4) is 0 Å². The fourth-order valence-electron chi connectivity index (χ4n) is 3.53. The summed E-state index contributed by atoms with van der Waals surface area (Å²) in [6, 6.07) is 19.5. The van der Waals surface area contributed by atoms with Gasteiger partial charge in [0.25, 0.3) is 15.9 Å². The van der Waals surface area contributed by atoms with Crippen LogP contribution >= 0.6 is 12.2 Å². The van der Waals surface area contributed by atoms with E-state index >= 15 is 0 Å². The van der Waals surface area contributed by atoms with Crippen LogP contribution in [-0.2, 0) is 10.0 Å². The number of benzene rings is 3. The van der Waals surface area contributed by atoms with Crippen LogP contribution in [-0.4, -0.2) is 33.2 Å². The number of anilines is 2. The van der Waals surface area contributed by atoms with Crippen molar-refractivity contribution in [1.82, 2.24) is 5.32 Å². The molecule has 3 aromatic rings. The number of ether oxygens (including phenoxy) is 2. The van der Waals surface area contributed by atoms with Crippen molar-refractivity contribution in [2.45, 2.75) is 43.9 Å². The minimum Gasteiger partial charge on any atom is -0.497 e. The first-order valence-corrected chi connectivity index (χ1v) is 14.3. The largest absolute Gasteiger partial charge is 0.497 e. The summed E-state index contributed by atoms with van der Waals surface area (Å²) in [6.07, 6.45) is 5.84. The molecule has 0 heterocycles. The van der Waals surface area contributed by atoms with Crippen molar-refractivity contribution < 1.29 is 22.7 Å². The number of rotatable bonds is 13. The van der Waals surface area contributed by atoms with Gasteiger partial charge in [0.15, 0.2) is 5.11 Å². The molecule has 38 heavy (non-hydrogen) atoms. The Kier molecular flexibility index (Phi) is 10.9. The lowest BCUT2D eigenvalue weighted by Gasteiger charge is -2.12. The van der Waals surface area contributed by atoms with E-state index in [-0.39, 0.29) is 15.9 Å². The van der Waals surface area contributed by atoms with Crippen LogP contribution in [0.1, 0.15) is 49.4 Å². The molecule has 0 bridgehead atoms. The van der Waals surface area contributed by atoms with Crippen LogP contribution in [0.15, 0.2) is 77.7 Å². The van der Waals surface area contributed by atoms with Gasteiger partial charge in [0, 0.05) is 16.9 Å². The van der Waals surface area contributed by atoms with Gasteiger partial charge < -0.3 is 14.8 Å². The molecule has 0 aliphatic rings. The molecular weight excluding hydrogens is 522 g/mol. The van der Waals surface area contributed by atoms with Crippen LogP contribution in [0, 0.1) is 0 Å². The van der Waals surface area contributed by atoms with Gasteiger partial charge >= 0.3 is 0 Å². The van der Waals surface area contributed by atoms with Gasteiger partial charge in [-0.2, -0.15) is 0 Å². The van der Waals surface area contributed by atoms with Crippen LogP contribution in [0.5, 0.6) is 11.5 Å². The fraction of sp³-hybridized carbons (Fsp3) is 0.286. The summed E-state index contributed by atoms with van der Waals surface area (Å²) >= 11 is 5.24. The summed E-state index contributed by atoms with van der Waals surface area (Å²) in [7, 11) is -2.24. The summed E-state index contributed by atoms with van der Waals surface area (Å²) in [5.41, 5.74) is 1.38. The molecule has 1 amide bonds. The van der Waals surface area contributed by atoms with E-state index < -0.39 is 10.0 Å². The highest BCUT2D eigenvalue weighted by Crippen LogP contribution is 2.21. The van der Waals surface area contributed by atoms with Crippen LogP contribution in [0.4, 0.5) is 11.4 Å². The molecule has 0 aromatic heterocycles. The molecule has 0 aliphatic carbocycles. The van der Waals surface area contributed by atoms with Crippen molar-refractivity contribution in [3.63, 3.8) is 0 Å². The normalized spacial score (nSPS) is 10.9. The van der Waals surface area contributed by atoms with Gasteiger partial charge in [-0.3, -0.25) is 14.8 Å². The van der Waals surface area contributed by atoms with E-state index in [4.69, 9.17) is 21.7 Å². The Morgan fingerprint density at radius 3 is 2.05 bits per heavy atom. The third-order valence-corrected chi connectivity index (χ3v) is 7.23. The molecule has 8 nitrogen and oxygen atoms in total. The average Bonchev–Trinajstić information content (AvgIpc) is 2.91. The van der Waals surface area contributed by atoms with Crippen molar-refractivity contribution >= 4 is 44.6 Å². The number of sulfonamides is 1. The van der Waals surface area contributed by atoms with Gasteiger partial charge in [0.1, 0.15) is 11.5 Å². The van der Waals surface area contributed by atoms with Crippen LogP contribution in [0.2, 0.25) is 0 Å². The molecule has 202 valence electrons. The Hall–Kier alpha value is -3.63. The van der Waals surface area contributed by atoms with Gasteiger partial charge in [-0.05, 0) is 91.4 Å². The van der Waals surface area contributed by atoms with Crippen molar-refractivity contribution in [3.05, 3.63) is 78.4 Å². The molecule has 0 aliphatic heterocycles. The van der Waals surface area contributed by atoms with Crippen molar-refractivity contribution in [1.29, 1.82) is 0 Å². The number of methoxy groups -OCH3 is 1. The predicted molar refractivity (Wildman–Crippen MR) is 155 cm³/mol. The van der Waals surface area contributed by atoms with Gasteiger partial charge in [-0.1, -0.05) is 32.6 Å². The molecule has 10 heteroatoms. The first kappa shape index (κ1) is 28.9. The molecule has 0 fully saturated rings. The lowest BCUT2D eigenvalue weighted by atomic mass is 10.2. The topological polar surface area (TPSA) is 106 Å². The van der Waals surface area contributed by atoms with Gasteiger partial charge in [-0.15, -0.1) is 0 Å². The number of thiocarbonyl (C=S) groups is 1. The van der Waals surface area contributed by atoms with Crippen LogP contribution < -0.4 is 24.8 Å². The molecule has 3 N–H and O–H groups in total. The summed E-state index contributed by atoms with van der Waals surface area (Å²) in [6.45, 7) is 2.84. The van der Waals surface area contributed by atoms with E-state index in [1.165, 1.54) is 38.5 Å². The fourth-order valence-corrected chi connectivity index (χ4v) is 4.80. The molecule has 0 atom stereocenters. The number of carbonyl (C=O) groups excluding carboxylic acids is 1. The molecule has 0 saturated heterocycles. The second kappa shape index (κ2) is 14.3. The summed E-state index contributed by atoms with van der Waals surface area (Å²) < 4.78 is 38.7. The lowest BCUT2D eigenvalue weighted by molar-refractivity contribution is 0.0977. The number of nitrogens with one attached hydrogen (secondary N) is 3. The number of amides is 1. The van der Waals surface area contributed by atoms with Crippen LogP contribution in [0.25, 0.3) is 0 Å². The third-order valence-electron chi connectivity index (χ3n) is 5.62. The molecule has 0 unspecified atom stereocenters. The van der Waals surface area contributed by atoms with Gasteiger partial charge in [0.05, 0.1) is 18.6 Å². The number of hydrogen-bond acceptors (Lipinski definition) is 6. The average molecular weight is 556 g/mol. The Bertz CT molecular complexity index is 1290. The third kappa shape index (κ3) is 9.04. The van der Waals surface area contributed by atoms with E-state index in [0.717, 1.165) is 12.8 Å². The minimum atomic E-state index is -3.78. The van der Waals surface area contributed by atoms with E-state index in [9.17, 15) is 13.2 Å². The molecule has 3 rings (SSSR count). The standard InChI is InChI=1S/C28H33N3O5S2/c1-3-4-5-6-7-20-36-25-14-8-21(9-15-25)27(32)30-28(37)29-22-12-18-26(19-13-22)38(33,34)31-23-10-16-24(35-2)17-11-23/h8-19,31H,3-7,20H2,1-2H3,(H2,29,30,32,37). The molecular formula is C28H33N3O5S2. The van der Waals surface area contributed by atoms with Crippen molar-refractivity contribution in [3.8, 4) is 11.5 Å². The molecule has 0 saturated carbocycles. The Labute approximate surface area is 229 Å². The zero-order valence-electron chi connectivity index (χ0n) is 21.5. The first-order valence-electron chi connectivity index (χ1n) is 12.4. The van der Waals surface area contributed by atoms with E-state index in [0.29, 0.717) is 35.0 Å². The van der Waals surface area contributed by atoms with Gasteiger partial charge in [-0.25, -0.2) is 8.42 Å². The van der Waals surface area contributed by atoms with E-state index in [1.807, 2.05) is 0 Å². The Balaban J connectivity index is 1.47. The minimum absolute atomic E-state index is 0.0806. The highest BCUT2D eigenvalue weighted by molar-refractivity contribution is 7.92. The molecule has 0 spiro atoms. The maximum atomic E-state index is 12.7. The highest BCUT2D eigenvalue weighted by atomic mass is 32.2. The smallest absolute Gasteiger partial charge is 0.261 e. The lowest BCUT2D eigenvalue weighted by Crippen LogP contribution is -2.34. The molecule has 0 radical (unpaired) electrons. The summed E-state index contributed by atoms with van der Waals surface area (Å²) in [4.78, 5) is 12.6. The predicted octanol–water partition coefficient (Wildman–Crippen LogP) is 5.97. The first-order chi connectivity index (χ1) is 18.3. The second-order valence-electron chi connectivity index (χ2n) is 8.55. The highest BCUT2D eigenvalue weighted by Gasteiger charge is 2.15. The quantitative estimate of drug-likeness (QED) is 0.176. The number of hydrogen-bond donors (Lipinski definition) is 3. The summed E-state index contributed by atoms with van der Waals surface area (Å²) in [5, 5.41) is 5.60. The van der Waals surface area contributed by atoms with Crippen molar-refractivity contribution in [2.75, 3.05) is 23.8 Å². The van der Waals surface area contributed by atoms with Gasteiger partial charge in [0.2, 0.25) is 0 Å². The Morgan fingerprint density at radius 1 is 0.816 bits per heavy atom. The zero-order valence-corrected chi connectivity index (χ0v) is 23.2. The SMILES string of the molecule is CCCCCCCOc1ccc(C(=O)NC(=S)Nc2ccc(S(=O)(=O)Nc3ccc(OC)cc3)cc2)cc1.